The molecule has 0 spiro atoms. The van der Waals surface area contributed by atoms with E-state index in [2.05, 4.69) is 10.0 Å². The second-order valence-corrected chi connectivity index (χ2v) is 6.73. The Labute approximate surface area is 136 Å². The van der Waals surface area contributed by atoms with Crippen LogP contribution >= 0.6 is 0 Å². The maximum absolute atomic E-state index is 11.9. The van der Waals surface area contributed by atoms with Crippen molar-refractivity contribution >= 4 is 27.6 Å². The molecule has 23 heavy (non-hydrogen) atoms. The van der Waals surface area contributed by atoms with Gasteiger partial charge in [-0.25, -0.2) is 17.9 Å². The van der Waals surface area contributed by atoms with Crippen LogP contribution in [0.1, 0.15) is 37.0 Å². The predicted octanol–water partition coefficient (Wildman–Crippen LogP) is 1.52. The Bertz CT molecular complexity index is 643. The van der Waals surface area contributed by atoms with Crippen molar-refractivity contribution in [1.29, 1.82) is 0 Å². The summed E-state index contributed by atoms with van der Waals surface area (Å²) in [7, 11) is -3.47. The number of para-hydroxylation sites is 1. The first-order valence-electron chi connectivity index (χ1n) is 7.43. The highest BCUT2D eigenvalue weighted by Crippen LogP contribution is 2.16. The van der Waals surface area contributed by atoms with Gasteiger partial charge in [-0.2, -0.15) is 0 Å². The molecule has 0 aromatic heterocycles. The number of ether oxygens (including phenoxy) is 1. The van der Waals surface area contributed by atoms with Crippen LogP contribution in [0.4, 0.5) is 5.69 Å². The van der Waals surface area contributed by atoms with Gasteiger partial charge in [0, 0.05) is 0 Å². The maximum atomic E-state index is 11.9. The molecule has 0 fully saturated rings. The standard InChI is InChI=1S/C15H22N2O5S/c1-3-5-10-23(20,21)16-11-14(18)17-13-9-7-6-8-12(13)15(19)22-4-2/h6-9,16H,3-5,10-11H2,1-2H3,(H,17,18). The number of rotatable bonds is 9. The molecule has 1 aromatic rings. The number of carbonyl (C=O) groups excluding carboxylic acids is 2. The summed E-state index contributed by atoms with van der Waals surface area (Å²) in [5, 5.41) is 2.51. The molecule has 0 aliphatic rings. The van der Waals surface area contributed by atoms with Gasteiger partial charge < -0.3 is 10.1 Å². The topological polar surface area (TPSA) is 102 Å². The molecule has 0 saturated heterocycles. The number of unbranched alkanes of at least 4 members (excludes halogenated alkanes) is 1. The van der Waals surface area contributed by atoms with Crippen LogP contribution in [0.3, 0.4) is 0 Å². The Kier molecular flexibility index (Phi) is 7.70. The largest absolute Gasteiger partial charge is 0.462 e. The highest BCUT2D eigenvalue weighted by Gasteiger charge is 2.15. The summed E-state index contributed by atoms with van der Waals surface area (Å²) in [6.45, 7) is 3.40. The summed E-state index contributed by atoms with van der Waals surface area (Å²) in [5.74, 6) is -1.12. The number of sulfonamides is 1. The molecule has 1 amide bonds. The minimum absolute atomic E-state index is 0.0177. The summed E-state index contributed by atoms with van der Waals surface area (Å²) in [5.41, 5.74) is 0.500. The van der Waals surface area contributed by atoms with Gasteiger partial charge in [-0.1, -0.05) is 25.5 Å². The third kappa shape index (κ3) is 6.79. The molecular formula is C15H22N2O5S. The van der Waals surface area contributed by atoms with Gasteiger partial charge in [0.2, 0.25) is 15.9 Å². The lowest BCUT2D eigenvalue weighted by molar-refractivity contribution is -0.115. The fraction of sp³-hybridized carbons (Fsp3) is 0.467. The predicted molar refractivity (Wildman–Crippen MR) is 87.7 cm³/mol. The molecule has 8 heteroatoms. The SMILES string of the molecule is CCCCS(=O)(=O)NCC(=O)Nc1ccccc1C(=O)OCC. The third-order valence-corrected chi connectivity index (χ3v) is 4.33. The average molecular weight is 342 g/mol. The van der Waals surface area contributed by atoms with E-state index in [9.17, 15) is 18.0 Å². The molecule has 0 aliphatic heterocycles. The first-order valence-corrected chi connectivity index (χ1v) is 9.08. The fourth-order valence-electron chi connectivity index (χ4n) is 1.76. The van der Waals surface area contributed by atoms with Crippen LogP contribution in [0.25, 0.3) is 0 Å². The van der Waals surface area contributed by atoms with Crippen LogP contribution in [-0.4, -0.2) is 39.2 Å². The lowest BCUT2D eigenvalue weighted by Crippen LogP contribution is -2.34. The van der Waals surface area contributed by atoms with Crippen LogP contribution in [-0.2, 0) is 19.6 Å². The number of hydrogen-bond acceptors (Lipinski definition) is 5. The van der Waals surface area contributed by atoms with E-state index in [0.717, 1.165) is 6.42 Å². The highest BCUT2D eigenvalue weighted by molar-refractivity contribution is 7.89. The van der Waals surface area contributed by atoms with Crippen molar-refractivity contribution in [2.45, 2.75) is 26.7 Å². The van der Waals surface area contributed by atoms with Gasteiger partial charge in [0.25, 0.3) is 0 Å². The van der Waals surface area contributed by atoms with Crippen molar-refractivity contribution in [1.82, 2.24) is 4.72 Å². The molecule has 1 aromatic carbocycles. The van der Waals surface area contributed by atoms with Crippen molar-refractivity contribution in [3.63, 3.8) is 0 Å². The number of hydrogen-bond donors (Lipinski definition) is 2. The summed E-state index contributed by atoms with van der Waals surface area (Å²) < 4.78 is 30.4. The highest BCUT2D eigenvalue weighted by atomic mass is 32.2. The lowest BCUT2D eigenvalue weighted by atomic mass is 10.2. The Balaban J connectivity index is 2.66. The zero-order valence-electron chi connectivity index (χ0n) is 13.3. The van der Waals surface area contributed by atoms with E-state index < -0.39 is 21.9 Å². The maximum Gasteiger partial charge on any atom is 0.340 e. The summed E-state index contributed by atoms with van der Waals surface area (Å²) >= 11 is 0. The monoisotopic (exact) mass is 342 g/mol. The second kappa shape index (κ2) is 9.26. The number of benzene rings is 1. The van der Waals surface area contributed by atoms with Crippen LogP contribution in [0.5, 0.6) is 0 Å². The van der Waals surface area contributed by atoms with Crippen molar-refractivity contribution in [2.24, 2.45) is 0 Å². The third-order valence-electron chi connectivity index (χ3n) is 2.92. The number of nitrogens with one attached hydrogen (secondary N) is 2. The molecule has 0 bridgehead atoms. The zero-order valence-corrected chi connectivity index (χ0v) is 14.1. The summed E-state index contributed by atoms with van der Waals surface area (Å²) in [4.78, 5) is 23.7. The first-order chi connectivity index (χ1) is 10.9. The summed E-state index contributed by atoms with van der Waals surface area (Å²) in [6, 6.07) is 6.38. The molecule has 2 N–H and O–H groups in total. The minimum Gasteiger partial charge on any atom is -0.462 e. The Hall–Kier alpha value is -1.93. The van der Waals surface area contributed by atoms with E-state index in [4.69, 9.17) is 4.74 Å². The van der Waals surface area contributed by atoms with Gasteiger partial charge in [-0.05, 0) is 25.5 Å². The molecule has 0 heterocycles. The molecule has 0 radical (unpaired) electrons. The normalized spacial score (nSPS) is 11.0. The molecule has 1 rings (SSSR count). The lowest BCUT2D eigenvalue weighted by Gasteiger charge is -2.11. The van der Waals surface area contributed by atoms with E-state index in [0.29, 0.717) is 6.42 Å². The van der Waals surface area contributed by atoms with E-state index in [1.807, 2.05) is 6.92 Å². The quantitative estimate of drug-likeness (QED) is 0.663. The van der Waals surface area contributed by atoms with E-state index >= 15 is 0 Å². The van der Waals surface area contributed by atoms with Crippen molar-refractivity contribution in [3.05, 3.63) is 29.8 Å². The van der Waals surface area contributed by atoms with Crippen LogP contribution < -0.4 is 10.0 Å². The van der Waals surface area contributed by atoms with Gasteiger partial charge in [0.1, 0.15) is 0 Å². The Morgan fingerprint density at radius 1 is 1.17 bits per heavy atom. The minimum atomic E-state index is -3.47. The summed E-state index contributed by atoms with van der Waals surface area (Å²) in [6.07, 6.45) is 1.28. The number of amides is 1. The van der Waals surface area contributed by atoms with Crippen molar-refractivity contribution in [3.8, 4) is 0 Å². The fourth-order valence-corrected chi connectivity index (χ4v) is 2.92. The van der Waals surface area contributed by atoms with Gasteiger partial charge >= 0.3 is 5.97 Å². The number of carbonyl (C=O) groups is 2. The van der Waals surface area contributed by atoms with E-state index in [1.54, 1.807) is 25.1 Å². The Morgan fingerprint density at radius 2 is 1.87 bits per heavy atom. The van der Waals surface area contributed by atoms with Gasteiger partial charge in [0.15, 0.2) is 0 Å². The molecule has 0 saturated carbocycles. The van der Waals surface area contributed by atoms with Crippen LogP contribution in [0.2, 0.25) is 0 Å². The van der Waals surface area contributed by atoms with Gasteiger partial charge in [0.05, 0.1) is 30.2 Å². The smallest absolute Gasteiger partial charge is 0.340 e. The van der Waals surface area contributed by atoms with Crippen LogP contribution in [0.15, 0.2) is 24.3 Å². The molecule has 0 aliphatic carbocycles. The van der Waals surface area contributed by atoms with E-state index in [1.165, 1.54) is 6.07 Å². The molecule has 0 atom stereocenters. The molecule has 0 unspecified atom stereocenters. The number of esters is 1. The Morgan fingerprint density at radius 3 is 2.52 bits per heavy atom. The van der Waals surface area contributed by atoms with E-state index in [-0.39, 0.29) is 30.2 Å². The zero-order chi connectivity index (χ0) is 17.3. The first kappa shape index (κ1) is 19.1. The van der Waals surface area contributed by atoms with Crippen molar-refractivity contribution in [2.75, 3.05) is 24.2 Å². The average Bonchev–Trinajstić information content (AvgIpc) is 2.52. The molecule has 7 nitrogen and oxygen atoms in total. The number of anilines is 1. The molecule has 128 valence electrons. The van der Waals surface area contributed by atoms with Crippen LogP contribution in [0, 0.1) is 0 Å². The van der Waals surface area contributed by atoms with Gasteiger partial charge in [-0.3, -0.25) is 4.79 Å². The second-order valence-electron chi connectivity index (χ2n) is 4.81. The van der Waals surface area contributed by atoms with Crippen molar-refractivity contribution < 1.29 is 22.7 Å². The molecular weight excluding hydrogens is 320 g/mol. The van der Waals surface area contributed by atoms with Gasteiger partial charge in [-0.15, -0.1) is 0 Å².